The third-order valence-corrected chi connectivity index (χ3v) is 6.92. The van der Waals surface area contributed by atoms with Crippen LogP contribution in [0.5, 0.6) is 0 Å². The highest BCUT2D eigenvalue weighted by Gasteiger charge is 2.17. The van der Waals surface area contributed by atoms with Gasteiger partial charge in [0.1, 0.15) is 0 Å². The molecule has 0 unspecified atom stereocenters. The molecule has 4 aromatic rings. The number of thioether (sulfide) groups is 1. The van der Waals surface area contributed by atoms with Gasteiger partial charge in [-0.25, -0.2) is 5.43 Å². The van der Waals surface area contributed by atoms with Crippen molar-refractivity contribution >= 4 is 29.6 Å². The zero-order valence-electron chi connectivity index (χ0n) is 21.7. The molecule has 1 amide bonds. The molecule has 0 radical (unpaired) electrons. The van der Waals surface area contributed by atoms with E-state index in [1.807, 2.05) is 41.0 Å². The van der Waals surface area contributed by atoms with Crippen LogP contribution >= 0.6 is 11.8 Å². The minimum Gasteiger partial charge on any atom is -0.372 e. The SMILES string of the molecule is CCN(CC)c1ccc(/C=N/NC(=O)CSc2nnc(-c3ccc(C)cc3)n2-c2ccc(C)cc2)cc1. The molecular weight excluding hydrogens is 480 g/mol. The van der Waals surface area contributed by atoms with Gasteiger partial charge in [0.05, 0.1) is 12.0 Å². The average molecular weight is 513 g/mol. The lowest BCUT2D eigenvalue weighted by Crippen LogP contribution is -2.21. The van der Waals surface area contributed by atoms with Crippen molar-refractivity contribution in [3.8, 4) is 17.1 Å². The van der Waals surface area contributed by atoms with Gasteiger partial charge in [-0.1, -0.05) is 71.4 Å². The number of carbonyl (C=O) groups is 1. The first kappa shape index (κ1) is 26.2. The number of anilines is 1. The first-order chi connectivity index (χ1) is 18.0. The fourth-order valence-electron chi connectivity index (χ4n) is 3.88. The van der Waals surface area contributed by atoms with Crippen molar-refractivity contribution in [2.45, 2.75) is 32.9 Å². The van der Waals surface area contributed by atoms with Gasteiger partial charge in [-0.2, -0.15) is 5.10 Å². The Morgan fingerprint density at radius 3 is 2.16 bits per heavy atom. The van der Waals surface area contributed by atoms with Gasteiger partial charge in [0.15, 0.2) is 11.0 Å². The standard InChI is InChI=1S/C29H32N6OS/c1-5-34(6-2)25-17-11-23(12-18-25)19-30-31-27(36)20-37-29-33-32-28(24-13-7-21(3)8-14-24)35(29)26-15-9-22(4)10-16-26/h7-19H,5-6,20H2,1-4H3,(H,31,36)/b30-19+. The molecular formula is C29H32N6OS. The Labute approximate surface area is 222 Å². The summed E-state index contributed by atoms with van der Waals surface area (Å²) < 4.78 is 1.99. The van der Waals surface area contributed by atoms with Gasteiger partial charge in [0.2, 0.25) is 0 Å². The summed E-state index contributed by atoms with van der Waals surface area (Å²) in [5.74, 6) is 0.685. The molecule has 4 rings (SSSR count). The molecule has 0 aliphatic rings. The van der Waals surface area contributed by atoms with Gasteiger partial charge in [0, 0.05) is 30.0 Å². The van der Waals surface area contributed by atoms with Gasteiger partial charge < -0.3 is 4.90 Å². The molecule has 8 heteroatoms. The topological polar surface area (TPSA) is 75.4 Å². The molecule has 1 N–H and O–H groups in total. The molecule has 0 saturated heterocycles. The first-order valence-electron chi connectivity index (χ1n) is 12.4. The third-order valence-electron chi connectivity index (χ3n) is 5.99. The second-order valence-electron chi connectivity index (χ2n) is 8.69. The molecule has 0 saturated carbocycles. The van der Waals surface area contributed by atoms with Gasteiger partial charge in [-0.05, 0) is 57.5 Å². The van der Waals surface area contributed by atoms with Crippen molar-refractivity contribution in [2.75, 3.05) is 23.7 Å². The molecule has 37 heavy (non-hydrogen) atoms. The van der Waals surface area contributed by atoms with Crippen molar-refractivity contribution in [3.05, 3.63) is 89.5 Å². The number of aromatic nitrogens is 3. The average Bonchev–Trinajstić information content (AvgIpc) is 3.34. The normalized spacial score (nSPS) is 11.1. The minimum atomic E-state index is -0.212. The van der Waals surface area contributed by atoms with Crippen molar-refractivity contribution < 1.29 is 4.79 Å². The summed E-state index contributed by atoms with van der Waals surface area (Å²) in [5.41, 5.74) is 8.96. The van der Waals surface area contributed by atoms with Gasteiger partial charge >= 0.3 is 0 Å². The van der Waals surface area contributed by atoms with Crippen LogP contribution in [-0.2, 0) is 4.79 Å². The van der Waals surface area contributed by atoms with E-state index in [-0.39, 0.29) is 11.7 Å². The van der Waals surface area contributed by atoms with Crippen molar-refractivity contribution in [2.24, 2.45) is 5.10 Å². The Bertz CT molecular complexity index is 1340. The van der Waals surface area contributed by atoms with Crippen LogP contribution in [0.4, 0.5) is 5.69 Å². The van der Waals surface area contributed by atoms with Crippen LogP contribution in [0.15, 0.2) is 83.1 Å². The molecule has 0 fully saturated rings. The Kier molecular flexibility index (Phi) is 8.74. The Balaban J connectivity index is 1.44. The van der Waals surface area contributed by atoms with E-state index in [0.717, 1.165) is 35.7 Å². The van der Waals surface area contributed by atoms with E-state index >= 15 is 0 Å². The summed E-state index contributed by atoms with van der Waals surface area (Å²) in [6, 6.07) is 24.5. The van der Waals surface area contributed by atoms with E-state index in [1.54, 1.807) is 6.21 Å². The third kappa shape index (κ3) is 6.65. The quantitative estimate of drug-likeness (QED) is 0.169. The number of nitrogens with one attached hydrogen (secondary N) is 1. The summed E-state index contributed by atoms with van der Waals surface area (Å²) >= 11 is 1.33. The van der Waals surface area contributed by atoms with Crippen LogP contribution in [0.3, 0.4) is 0 Å². The van der Waals surface area contributed by atoms with E-state index in [1.165, 1.54) is 28.6 Å². The summed E-state index contributed by atoms with van der Waals surface area (Å²) in [6.45, 7) is 10.3. The molecule has 0 aliphatic carbocycles. The Morgan fingerprint density at radius 1 is 0.919 bits per heavy atom. The number of hydrazone groups is 1. The number of amides is 1. The molecule has 0 bridgehead atoms. The molecule has 0 spiro atoms. The maximum atomic E-state index is 12.5. The van der Waals surface area contributed by atoms with Crippen LogP contribution in [0.2, 0.25) is 0 Å². The van der Waals surface area contributed by atoms with Crippen molar-refractivity contribution in [3.63, 3.8) is 0 Å². The predicted molar refractivity (Wildman–Crippen MR) is 153 cm³/mol. The van der Waals surface area contributed by atoms with Crippen molar-refractivity contribution in [1.82, 2.24) is 20.2 Å². The van der Waals surface area contributed by atoms with E-state index in [4.69, 9.17) is 0 Å². The van der Waals surface area contributed by atoms with Crippen LogP contribution in [0, 0.1) is 13.8 Å². The summed E-state index contributed by atoms with van der Waals surface area (Å²) in [4.78, 5) is 14.8. The molecule has 1 aromatic heterocycles. The molecule has 190 valence electrons. The molecule has 1 heterocycles. The smallest absolute Gasteiger partial charge is 0.250 e. The number of carbonyl (C=O) groups excluding carboxylic acids is 1. The molecule has 0 atom stereocenters. The zero-order chi connectivity index (χ0) is 26.2. The van der Waals surface area contributed by atoms with Crippen LogP contribution in [0.25, 0.3) is 17.1 Å². The van der Waals surface area contributed by atoms with E-state index < -0.39 is 0 Å². The number of benzene rings is 3. The second-order valence-corrected chi connectivity index (χ2v) is 9.63. The second kappa shape index (κ2) is 12.4. The lowest BCUT2D eigenvalue weighted by molar-refractivity contribution is -0.118. The number of hydrogen-bond acceptors (Lipinski definition) is 6. The summed E-state index contributed by atoms with van der Waals surface area (Å²) in [6.07, 6.45) is 1.65. The lowest BCUT2D eigenvalue weighted by Gasteiger charge is -2.20. The minimum absolute atomic E-state index is 0.163. The molecule has 7 nitrogen and oxygen atoms in total. The van der Waals surface area contributed by atoms with E-state index in [2.05, 4.69) is 89.7 Å². The largest absolute Gasteiger partial charge is 0.372 e. The zero-order valence-corrected chi connectivity index (χ0v) is 22.5. The number of rotatable bonds is 10. The highest BCUT2D eigenvalue weighted by Crippen LogP contribution is 2.28. The van der Waals surface area contributed by atoms with Gasteiger partial charge in [-0.15, -0.1) is 10.2 Å². The maximum absolute atomic E-state index is 12.5. The predicted octanol–water partition coefficient (Wildman–Crippen LogP) is 5.64. The lowest BCUT2D eigenvalue weighted by atomic mass is 10.1. The van der Waals surface area contributed by atoms with Gasteiger partial charge in [-0.3, -0.25) is 9.36 Å². The van der Waals surface area contributed by atoms with Crippen LogP contribution < -0.4 is 10.3 Å². The monoisotopic (exact) mass is 512 g/mol. The first-order valence-corrected chi connectivity index (χ1v) is 13.4. The van der Waals surface area contributed by atoms with E-state index in [0.29, 0.717) is 5.16 Å². The fourth-order valence-corrected chi connectivity index (χ4v) is 4.63. The van der Waals surface area contributed by atoms with Crippen LogP contribution in [-0.4, -0.2) is 45.7 Å². The number of aryl methyl sites for hydroxylation is 2. The fraction of sp³-hybridized carbons (Fsp3) is 0.241. The van der Waals surface area contributed by atoms with Crippen molar-refractivity contribution in [1.29, 1.82) is 0 Å². The summed E-state index contributed by atoms with van der Waals surface area (Å²) in [7, 11) is 0. The highest BCUT2D eigenvalue weighted by atomic mass is 32.2. The van der Waals surface area contributed by atoms with E-state index in [9.17, 15) is 4.79 Å². The van der Waals surface area contributed by atoms with Crippen LogP contribution in [0.1, 0.15) is 30.5 Å². The maximum Gasteiger partial charge on any atom is 0.250 e. The number of hydrogen-bond donors (Lipinski definition) is 1. The Hall–Kier alpha value is -3.91. The highest BCUT2D eigenvalue weighted by molar-refractivity contribution is 7.99. The Morgan fingerprint density at radius 2 is 1.54 bits per heavy atom. The van der Waals surface area contributed by atoms with Gasteiger partial charge in [0.25, 0.3) is 5.91 Å². The molecule has 0 aliphatic heterocycles. The number of nitrogens with zero attached hydrogens (tertiary/aromatic N) is 5. The summed E-state index contributed by atoms with van der Waals surface area (Å²) in [5, 5.41) is 13.6. The molecule has 3 aromatic carbocycles.